The molecular weight excluding hydrogens is 318 g/mol. The highest BCUT2D eigenvalue weighted by molar-refractivity contribution is 5.88. The quantitative estimate of drug-likeness (QED) is 0.705. The molecule has 5 heteroatoms. The number of rotatable bonds is 5. The van der Waals surface area contributed by atoms with Gasteiger partial charge in [-0.05, 0) is 48.2 Å². The fraction of sp³-hybridized carbons (Fsp3) is 0.250. The predicted octanol–water partition coefficient (Wildman–Crippen LogP) is 3.96. The summed E-state index contributed by atoms with van der Waals surface area (Å²) < 4.78 is 22.0. The first-order valence-electron chi connectivity index (χ1n) is 8.25. The number of hydrogen-bond acceptors (Lipinski definition) is 5. The summed E-state index contributed by atoms with van der Waals surface area (Å²) in [5, 5.41) is 2.16. The zero-order valence-electron chi connectivity index (χ0n) is 14.2. The molecule has 0 unspecified atom stereocenters. The van der Waals surface area contributed by atoms with E-state index in [0.717, 1.165) is 45.0 Å². The van der Waals surface area contributed by atoms with E-state index >= 15 is 0 Å². The average molecular weight is 337 g/mol. The van der Waals surface area contributed by atoms with Gasteiger partial charge in [0, 0.05) is 18.0 Å². The van der Waals surface area contributed by atoms with Crippen molar-refractivity contribution in [2.45, 2.75) is 13.3 Å². The van der Waals surface area contributed by atoms with E-state index in [1.54, 1.807) is 7.11 Å². The van der Waals surface area contributed by atoms with Gasteiger partial charge in [-0.2, -0.15) is 0 Å². The molecule has 25 heavy (non-hydrogen) atoms. The highest BCUT2D eigenvalue weighted by atomic mass is 16.7. The molecule has 1 aliphatic heterocycles. The maximum absolute atomic E-state index is 5.58. The van der Waals surface area contributed by atoms with Crippen LogP contribution in [0.15, 0.2) is 42.6 Å². The minimum absolute atomic E-state index is 0.268. The zero-order valence-corrected chi connectivity index (χ0v) is 14.2. The second kappa shape index (κ2) is 6.51. The van der Waals surface area contributed by atoms with E-state index in [2.05, 4.69) is 4.98 Å². The molecule has 2 heterocycles. The molecule has 1 aliphatic rings. The van der Waals surface area contributed by atoms with Crippen LogP contribution in [0.5, 0.6) is 23.0 Å². The van der Waals surface area contributed by atoms with Crippen molar-refractivity contribution in [2.24, 2.45) is 0 Å². The fourth-order valence-electron chi connectivity index (χ4n) is 3.05. The molecule has 5 nitrogen and oxygen atoms in total. The van der Waals surface area contributed by atoms with Crippen LogP contribution in [0.2, 0.25) is 0 Å². The van der Waals surface area contributed by atoms with Gasteiger partial charge in [-0.3, -0.25) is 4.98 Å². The lowest BCUT2D eigenvalue weighted by Gasteiger charge is -2.12. The molecule has 0 N–H and O–H groups in total. The summed E-state index contributed by atoms with van der Waals surface area (Å²) in [6, 6.07) is 12.0. The van der Waals surface area contributed by atoms with E-state index in [1.807, 2.05) is 49.5 Å². The van der Waals surface area contributed by atoms with Crippen molar-refractivity contribution in [2.75, 3.05) is 20.5 Å². The van der Waals surface area contributed by atoms with Gasteiger partial charge in [0.05, 0.1) is 19.4 Å². The molecular formula is C20H19NO4. The maximum atomic E-state index is 5.58. The molecule has 0 saturated heterocycles. The Hall–Kier alpha value is -2.95. The molecule has 3 aromatic rings. The predicted molar refractivity (Wildman–Crippen MR) is 94.8 cm³/mol. The van der Waals surface area contributed by atoms with Crippen LogP contribution in [0, 0.1) is 0 Å². The number of pyridine rings is 1. The molecule has 0 radical (unpaired) electrons. The Kier molecular flexibility index (Phi) is 4.06. The van der Waals surface area contributed by atoms with E-state index in [1.165, 1.54) is 0 Å². The average Bonchev–Trinajstić information content (AvgIpc) is 3.09. The number of fused-ring (bicyclic) bond motifs is 2. The Morgan fingerprint density at radius 1 is 1.04 bits per heavy atom. The standard InChI is InChI=1S/C20H19NO4/c1-3-23-17-5-4-13(9-18(17)22-2)8-16-15-11-20-19(24-12-25-20)10-14(15)6-7-21-16/h4-7,9-11H,3,8,12H2,1-2H3. The number of hydrogen-bond donors (Lipinski definition) is 0. The second-order valence-electron chi connectivity index (χ2n) is 5.78. The monoisotopic (exact) mass is 337 g/mol. The zero-order chi connectivity index (χ0) is 17.2. The summed E-state index contributed by atoms with van der Waals surface area (Å²) in [5.74, 6) is 3.04. The second-order valence-corrected chi connectivity index (χ2v) is 5.78. The summed E-state index contributed by atoms with van der Waals surface area (Å²) in [5.41, 5.74) is 2.10. The number of aromatic nitrogens is 1. The van der Waals surface area contributed by atoms with Crippen LogP contribution in [0.4, 0.5) is 0 Å². The maximum Gasteiger partial charge on any atom is 0.231 e. The third kappa shape index (κ3) is 2.93. The molecule has 128 valence electrons. The van der Waals surface area contributed by atoms with Crippen molar-refractivity contribution in [1.82, 2.24) is 4.98 Å². The number of nitrogens with zero attached hydrogens (tertiary/aromatic N) is 1. The largest absolute Gasteiger partial charge is 0.493 e. The van der Waals surface area contributed by atoms with Crippen LogP contribution in [-0.2, 0) is 6.42 Å². The lowest BCUT2D eigenvalue weighted by molar-refractivity contribution is 0.174. The molecule has 0 fully saturated rings. The van der Waals surface area contributed by atoms with Gasteiger partial charge < -0.3 is 18.9 Å². The van der Waals surface area contributed by atoms with Crippen molar-refractivity contribution < 1.29 is 18.9 Å². The van der Waals surface area contributed by atoms with Crippen molar-refractivity contribution >= 4 is 10.8 Å². The summed E-state index contributed by atoms with van der Waals surface area (Å²) in [7, 11) is 1.65. The van der Waals surface area contributed by atoms with E-state index in [0.29, 0.717) is 13.0 Å². The normalized spacial score (nSPS) is 12.4. The highest BCUT2D eigenvalue weighted by Gasteiger charge is 2.16. The SMILES string of the molecule is CCOc1ccc(Cc2nccc3cc4c(cc23)OCO4)cc1OC. The van der Waals surface area contributed by atoms with Gasteiger partial charge in [-0.15, -0.1) is 0 Å². The summed E-state index contributed by atoms with van der Waals surface area (Å²) in [4.78, 5) is 4.57. The number of methoxy groups -OCH3 is 1. The molecule has 2 aromatic carbocycles. The summed E-state index contributed by atoms with van der Waals surface area (Å²) in [6.07, 6.45) is 2.52. The van der Waals surface area contributed by atoms with E-state index in [-0.39, 0.29) is 6.79 Å². The van der Waals surface area contributed by atoms with Gasteiger partial charge >= 0.3 is 0 Å². The Labute approximate surface area is 146 Å². The first-order valence-corrected chi connectivity index (χ1v) is 8.25. The van der Waals surface area contributed by atoms with Gasteiger partial charge in [0.15, 0.2) is 23.0 Å². The first-order chi connectivity index (χ1) is 12.3. The van der Waals surface area contributed by atoms with Gasteiger partial charge in [0.1, 0.15) is 0 Å². The Balaban J connectivity index is 1.71. The molecule has 0 atom stereocenters. The minimum atomic E-state index is 0.268. The van der Waals surface area contributed by atoms with Gasteiger partial charge in [0.2, 0.25) is 6.79 Å². The summed E-state index contributed by atoms with van der Waals surface area (Å²) >= 11 is 0. The van der Waals surface area contributed by atoms with Crippen molar-refractivity contribution in [3.8, 4) is 23.0 Å². The molecule has 0 aliphatic carbocycles. The van der Waals surface area contributed by atoms with Gasteiger partial charge in [-0.25, -0.2) is 0 Å². The van der Waals surface area contributed by atoms with Crippen LogP contribution in [0.3, 0.4) is 0 Å². The third-order valence-electron chi connectivity index (χ3n) is 4.24. The lowest BCUT2D eigenvalue weighted by Crippen LogP contribution is -1.98. The van der Waals surface area contributed by atoms with Crippen LogP contribution < -0.4 is 18.9 Å². The molecule has 0 saturated carbocycles. The Bertz CT molecular complexity index is 923. The fourth-order valence-corrected chi connectivity index (χ4v) is 3.05. The van der Waals surface area contributed by atoms with Crippen LogP contribution in [0.1, 0.15) is 18.2 Å². The van der Waals surface area contributed by atoms with E-state index < -0.39 is 0 Å². The number of benzene rings is 2. The van der Waals surface area contributed by atoms with Crippen molar-refractivity contribution in [3.63, 3.8) is 0 Å². The summed E-state index contributed by atoms with van der Waals surface area (Å²) in [6.45, 7) is 2.83. The molecule has 1 aromatic heterocycles. The Morgan fingerprint density at radius 3 is 2.68 bits per heavy atom. The molecule has 0 amide bonds. The molecule has 0 spiro atoms. The van der Waals surface area contributed by atoms with E-state index in [9.17, 15) is 0 Å². The van der Waals surface area contributed by atoms with Crippen LogP contribution in [0.25, 0.3) is 10.8 Å². The molecule has 0 bridgehead atoms. The smallest absolute Gasteiger partial charge is 0.231 e. The van der Waals surface area contributed by atoms with E-state index in [4.69, 9.17) is 18.9 Å². The number of ether oxygens (including phenoxy) is 4. The topological polar surface area (TPSA) is 49.8 Å². The molecule has 4 rings (SSSR count). The minimum Gasteiger partial charge on any atom is -0.493 e. The van der Waals surface area contributed by atoms with Gasteiger partial charge in [0.25, 0.3) is 0 Å². The third-order valence-corrected chi connectivity index (χ3v) is 4.24. The highest BCUT2D eigenvalue weighted by Crippen LogP contribution is 2.37. The first kappa shape index (κ1) is 15.6. The van der Waals surface area contributed by atoms with Crippen LogP contribution in [-0.4, -0.2) is 25.5 Å². The van der Waals surface area contributed by atoms with Crippen LogP contribution >= 0.6 is 0 Å². The van der Waals surface area contributed by atoms with Gasteiger partial charge in [-0.1, -0.05) is 6.07 Å². The Morgan fingerprint density at radius 2 is 1.88 bits per heavy atom. The lowest BCUT2D eigenvalue weighted by atomic mass is 10.0. The van der Waals surface area contributed by atoms with Crippen molar-refractivity contribution in [1.29, 1.82) is 0 Å². The van der Waals surface area contributed by atoms with Crippen molar-refractivity contribution in [3.05, 3.63) is 53.9 Å².